The van der Waals surface area contributed by atoms with Gasteiger partial charge in [-0.3, -0.25) is 4.79 Å². The average Bonchev–Trinajstić information content (AvgIpc) is 2.32. The summed E-state index contributed by atoms with van der Waals surface area (Å²) in [6, 6.07) is 6.09. The number of carbonyl (C=O) groups is 1. The molecule has 1 heterocycles. The standard InChI is InChI=1S/C14H13FN2O/c1-8-3-4-10(7-11(8)15)13(18)12-9(2)5-6-17-14(12)16/h3-7H,1-2H3,(H2,16,17). The van der Waals surface area contributed by atoms with Crippen molar-refractivity contribution in [3.63, 3.8) is 0 Å². The molecule has 18 heavy (non-hydrogen) atoms. The first-order chi connectivity index (χ1) is 8.50. The monoisotopic (exact) mass is 244 g/mol. The highest BCUT2D eigenvalue weighted by Gasteiger charge is 2.16. The topological polar surface area (TPSA) is 56.0 Å². The van der Waals surface area contributed by atoms with Crippen LogP contribution in [-0.4, -0.2) is 10.8 Å². The molecule has 2 N–H and O–H groups in total. The summed E-state index contributed by atoms with van der Waals surface area (Å²) >= 11 is 0. The number of nitrogens with two attached hydrogens (primary N) is 1. The average molecular weight is 244 g/mol. The number of hydrogen-bond acceptors (Lipinski definition) is 3. The molecule has 2 aromatic rings. The van der Waals surface area contributed by atoms with Crippen LogP contribution >= 0.6 is 0 Å². The summed E-state index contributed by atoms with van der Waals surface area (Å²) in [6.07, 6.45) is 1.54. The van der Waals surface area contributed by atoms with Gasteiger partial charge in [0, 0.05) is 11.8 Å². The molecule has 0 fully saturated rings. The van der Waals surface area contributed by atoms with Gasteiger partial charge >= 0.3 is 0 Å². The third-order valence-corrected chi connectivity index (χ3v) is 2.85. The van der Waals surface area contributed by atoms with Crippen molar-refractivity contribution in [3.8, 4) is 0 Å². The number of aromatic nitrogens is 1. The van der Waals surface area contributed by atoms with Crippen LogP contribution in [-0.2, 0) is 0 Å². The molecule has 0 radical (unpaired) electrons. The van der Waals surface area contributed by atoms with Gasteiger partial charge in [0.15, 0.2) is 5.78 Å². The maximum atomic E-state index is 13.5. The van der Waals surface area contributed by atoms with E-state index in [1.54, 1.807) is 32.0 Å². The van der Waals surface area contributed by atoms with Crippen LogP contribution in [0.5, 0.6) is 0 Å². The van der Waals surface area contributed by atoms with E-state index in [2.05, 4.69) is 4.98 Å². The minimum absolute atomic E-state index is 0.168. The number of hydrogen-bond donors (Lipinski definition) is 1. The zero-order valence-corrected chi connectivity index (χ0v) is 10.2. The number of pyridine rings is 1. The summed E-state index contributed by atoms with van der Waals surface area (Å²) in [5.41, 5.74) is 7.55. The van der Waals surface area contributed by atoms with Gasteiger partial charge < -0.3 is 5.73 Å². The van der Waals surface area contributed by atoms with E-state index in [0.717, 1.165) is 5.56 Å². The fourth-order valence-electron chi connectivity index (χ4n) is 1.75. The molecular formula is C14H13FN2O. The lowest BCUT2D eigenvalue weighted by molar-refractivity contribution is 0.103. The maximum absolute atomic E-state index is 13.5. The molecule has 2 rings (SSSR count). The Morgan fingerprint density at radius 2 is 1.94 bits per heavy atom. The highest BCUT2D eigenvalue weighted by Crippen LogP contribution is 2.19. The van der Waals surface area contributed by atoms with Gasteiger partial charge in [-0.2, -0.15) is 0 Å². The molecule has 0 atom stereocenters. The van der Waals surface area contributed by atoms with Crippen LogP contribution in [0.1, 0.15) is 27.0 Å². The third-order valence-electron chi connectivity index (χ3n) is 2.85. The Kier molecular flexibility index (Phi) is 3.10. The number of nitrogen functional groups attached to an aromatic ring is 1. The molecule has 0 amide bonds. The highest BCUT2D eigenvalue weighted by atomic mass is 19.1. The largest absolute Gasteiger partial charge is 0.383 e. The predicted molar refractivity (Wildman–Crippen MR) is 68.0 cm³/mol. The Balaban J connectivity index is 2.51. The second-order valence-electron chi connectivity index (χ2n) is 4.18. The first-order valence-corrected chi connectivity index (χ1v) is 5.52. The van der Waals surface area contributed by atoms with Crippen LogP contribution in [0.2, 0.25) is 0 Å². The number of benzene rings is 1. The van der Waals surface area contributed by atoms with E-state index in [9.17, 15) is 9.18 Å². The lowest BCUT2D eigenvalue weighted by atomic mass is 9.99. The number of halogens is 1. The van der Waals surface area contributed by atoms with Crippen molar-refractivity contribution in [2.24, 2.45) is 0 Å². The fraction of sp³-hybridized carbons (Fsp3) is 0.143. The minimum Gasteiger partial charge on any atom is -0.383 e. The third kappa shape index (κ3) is 2.09. The summed E-state index contributed by atoms with van der Waals surface area (Å²) in [7, 11) is 0. The van der Waals surface area contributed by atoms with E-state index in [0.29, 0.717) is 11.1 Å². The Bertz CT molecular complexity index is 603. The minimum atomic E-state index is -0.402. The summed E-state index contributed by atoms with van der Waals surface area (Å²) in [4.78, 5) is 16.2. The molecule has 0 aliphatic heterocycles. The molecule has 4 heteroatoms. The van der Waals surface area contributed by atoms with E-state index in [1.807, 2.05) is 0 Å². The summed E-state index contributed by atoms with van der Waals surface area (Å²) in [5, 5.41) is 0. The number of ketones is 1. The van der Waals surface area contributed by atoms with Crippen LogP contribution in [0.4, 0.5) is 10.2 Å². The van der Waals surface area contributed by atoms with E-state index in [-0.39, 0.29) is 17.2 Å². The summed E-state index contributed by atoms with van der Waals surface area (Å²) in [5.74, 6) is -0.543. The summed E-state index contributed by atoms with van der Waals surface area (Å²) in [6.45, 7) is 3.42. The van der Waals surface area contributed by atoms with Crippen LogP contribution in [0.3, 0.4) is 0 Å². The van der Waals surface area contributed by atoms with Crippen molar-refractivity contribution in [3.05, 3.63) is 58.5 Å². The van der Waals surface area contributed by atoms with Crippen LogP contribution < -0.4 is 5.73 Å². The van der Waals surface area contributed by atoms with Gasteiger partial charge in [-0.15, -0.1) is 0 Å². The van der Waals surface area contributed by atoms with Crippen molar-refractivity contribution < 1.29 is 9.18 Å². The number of anilines is 1. The molecule has 0 aliphatic carbocycles. The molecule has 0 saturated carbocycles. The van der Waals surface area contributed by atoms with Crippen molar-refractivity contribution in [2.75, 3.05) is 5.73 Å². The fourth-order valence-corrected chi connectivity index (χ4v) is 1.75. The van der Waals surface area contributed by atoms with E-state index < -0.39 is 5.82 Å². The zero-order valence-electron chi connectivity index (χ0n) is 10.2. The number of rotatable bonds is 2. The van der Waals surface area contributed by atoms with Gasteiger partial charge in [-0.25, -0.2) is 9.37 Å². The molecule has 0 spiro atoms. The van der Waals surface area contributed by atoms with Crippen molar-refractivity contribution in [1.29, 1.82) is 0 Å². The van der Waals surface area contributed by atoms with Gasteiger partial charge in [0.2, 0.25) is 0 Å². The van der Waals surface area contributed by atoms with Gasteiger partial charge in [-0.05, 0) is 37.1 Å². The number of aryl methyl sites for hydroxylation is 2. The van der Waals surface area contributed by atoms with Gasteiger partial charge in [0.25, 0.3) is 0 Å². The Hall–Kier alpha value is -2.23. The van der Waals surface area contributed by atoms with Crippen LogP contribution in [0.25, 0.3) is 0 Å². The van der Waals surface area contributed by atoms with E-state index in [1.165, 1.54) is 12.3 Å². The molecule has 92 valence electrons. The normalized spacial score (nSPS) is 10.4. The van der Waals surface area contributed by atoms with E-state index >= 15 is 0 Å². The second-order valence-corrected chi connectivity index (χ2v) is 4.18. The van der Waals surface area contributed by atoms with Gasteiger partial charge in [0.05, 0.1) is 5.56 Å². The van der Waals surface area contributed by atoms with Crippen molar-refractivity contribution in [1.82, 2.24) is 4.98 Å². The van der Waals surface area contributed by atoms with Crippen molar-refractivity contribution in [2.45, 2.75) is 13.8 Å². The summed E-state index contributed by atoms with van der Waals surface area (Å²) < 4.78 is 13.5. The molecule has 1 aromatic heterocycles. The Morgan fingerprint density at radius 1 is 1.22 bits per heavy atom. The van der Waals surface area contributed by atoms with E-state index in [4.69, 9.17) is 5.73 Å². The number of nitrogens with zero attached hydrogens (tertiary/aromatic N) is 1. The van der Waals surface area contributed by atoms with Crippen molar-refractivity contribution >= 4 is 11.6 Å². The Morgan fingerprint density at radius 3 is 2.56 bits per heavy atom. The highest BCUT2D eigenvalue weighted by molar-refractivity contribution is 6.12. The molecule has 0 bridgehead atoms. The number of carbonyl (C=O) groups excluding carboxylic acids is 1. The molecule has 1 aromatic carbocycles. The smallest absolute Gasteiger partial charge is 0.197 e. The molecule has 3 nitrogen and oxygen atoms in total. The molecule has 0 aliphatic rings. The lowest BCUT2D eigenvalue weighted by Crippen LogP contribution is -2.09. The molecular weight excluding hydrogens is 231 g/mol. The lowest BCUT2D eigenvalue weighted by Gasteiger charge is -2.08. The SMILES string of the molecule is Cc1ccc(C(=O)c2c(C)ccnc2N)cc1F. The molecule has 0 saturated heterocycles. The Labute approximate surface area is 104 Å². The first-order valence-electron chi connectivity index (χ1n) is 5.52. The van der Waals surface area contributed by atoms with Gasteiger partial charge in [-0.1, -0.05) is 12.1 Å². The van der Waals surface area contributed by atoms with Gasteiger partial charge in [0.1, 0.15) is 11.6 Å². The zero-order chi connectivity index (χ0) is 13.3. The first kappa shape index (κ1) is 12.2. The second kappa shape index (κ2) is 4.56. The molecule has 0 unspecified atom stereocenters. The van der Waals surface area contributed by atoms with Crippen LogP contribution in [0, 0.1) is 19.7 Å². The predicted octanol–water partition coefficient (Wildman–Crippen LogP) is 2.65. The van der Waals surface area contributed by atoms with Crippen LogP contribution in [0.15, 0.2) is 30.5 Å². The maximum Gasteiger partial charge on any atom is 0.197 e. The quantitative estimate of drug-likeness (QED) is 0.826.